The lowest BCUT2D eigenvalue weighted by molar-refractivity contribution is -0.118. The Morgan fingerprint density at radius 3 is 2.68 bits per heavy atom. The van der Waals surface area contributed by atoms with E-state index >= 15 is 4.39 Å². The number of nitrogens with two attached hydrogens (primary N) is 1. The van der Waals surface area contributed by atoms with Crippen molar-refractivity contribution in [1.82, 2.24) is 15.3 Å². The third-order valence-electron chi connectivity index (χ3n) is 7.30. The van der Waals surface area contributed by atoms with Crippen LogP contribution in [0.3, 0.4) is 0 Å². The SMILES string of the molecule is CC(F)(CNC(=O)c1cc(OC2CC2)c2ncccc2c1)c1cc2c(c(-c3ccc(F)cc3)n1)OC[C@H]2CC(N)=O. The molecule has 4 aromatic rings. The van der Waals surface area contributed by atoms with E-state index in [1.807, 2.05) is 6.07 Å². The van der Waals surface area contributed by atoms with Crippen molar-refractivity contribution < 1.29 is 27.8 Å². The van der Waals surface area contributed by atoms with E-state index < -0.39 is 23.3 Å². The molecule has 10 heteroatoms. The van der Waals surface area contributed by atoms with Crippen molar-refractivity contribution in [3.05, 3.63) is 83.4 Å². The third kappa shape index (κ3) is 5.54. The standard InChI is InChI=1S/C31H28F2N4O4/c1-31(33,16-36-30(39)19-11-18-3-2-10-35-27(18)24(12-19)41-22-8-9-22)25-14-23-20(13-26(34)38)15-40-29(23)28(37-25)17-4-6-21(32)7-5-17/h2-7,10-12,14,20,22H,8-9,13,15-16H2,1H3,(H2,34,38)(H,36,39)/t20-,31?/m1/s1. The Morgan fingerprint density at radius 2 is 1.95 bits per heavy atom. The molecule has 210 valence electrons. The zero-order chi connectivity index (χ0) is 28.7. The van der Waals surface area contributed by atoms with Crippen LogP contribution < -0.4 is 20.5 Å². The number of aromatic nitrogens is 2. The summed E-state index contributed by atoms with van der Waals surface area (Å²) in [6.45, 7) is 1.12. The molecule has 3 heterocycles. The molecule has 2 aliphatic rings. The highest BCUT2D eigenvalue weighted by atomic mass is 19.1. The molecule has 2 aromatic carbocycles. The van der Waals surface area contributed by atoms with Crippen LogP contribution in [0, 0.1) is 5.82 Å². The van der Waals surface area contributed by atoms with E-state index in [-0.39, 0.29) is 37.3 Å². The summed E-state index contributed by atoms with van der Waals surface area (Å²) in [5.74, 6) is -0.885. The van der Waals surface area contributed by atoms with Crippen molar-refractivity contribution in [2.75, 3.05) is 13.2 Å². The third-order valence-corrected chi connectivity index (χ3v) is 7.30. The monoisotopic (exact) mass is 558 g/mol. The van der Waals surface area contributed by atoms with Crippen molar-refractivity contribution in [2.24, 2.45) is 5.73 Å². The van der Waals surface area contributed by atoms with Gasteiger partial charge < -0.3 is 20.5 Å². The van der Waals surface area contributed by atoms with Crippen LogP contribution in [0.15, 0.2) is 60.8 Å². The summed E-state index contributed by atoms with van der Waals surface area (Å²) in [6, 6.07) is 14.1. The Hall–Kier alpha value is -4.60. The maximum absolute atomic E-state index is 16.3. The van der Waals surface area contributed by atoms with Gasteiger partial charge in [-0.25, -0.2) is 13.8 Å². The Morgan fingerprint density at radius 1 is 1.17 bits per heavy atom. The summed E-state index contributed by atoms with van der Waals surface area (Å²) < 4.78 is 41.8. The number of rotatable bonds is 9. The van der Waals surface area contributed by atoms with Crippen molar-refractivity contribution in [3.8, 4) is 22.8 Å². The Labute approximate surface area is 234 Å². The Balaban J connectivity index is 1.30. The van der Waals surface area contributed by atoms with Crippen LogP contribution in [0.1, 0.15) is 53.7 Å². The summed E-state index contributed by atoms with van der Waals surface area (Å²) in [4.78, 5) is 33.9. The number of pyridine rings is 2. The second kappa shape index (κ2) is 10.4. The fraction of sp³-hybridized carbons (Fsp3) is 0.290. The topological polar surface area (TPSA) is 116 Å². The number of halogens is 2. The van der Waals surface area contributed by atoms with Gasteiger partial charge in [-0.05, 0) is 68.3 Å². The highest BCUT2D eigenvalue weighted by Crippen LogP contribution is 2.44. The number of nitrogens with zero attached hydrogens (tertiary/aromatic N) is 2. The molecule has 0 bridgehead atoms. The zero-order valence-corrected chi connectivity index (χ0v) is 22.3. The van der Waals surface area contributed by atoms with E-state index in [1.165, 1.54) is 31.2 Å². The highest BCUT2D eigenvalue weighted by molar-refractivity contribution is 6.00. The predicted molar refractivity (Wildman–Crippen MR) is 148 cm³/mol. The number of ether oxygens (including phenoxy) is 2. The highest BCUT2D eigenvalue weighted by Gasteiger charge is 2.36. The van der Waals surface area contributed by atoms with Gasteiger partial charge >= 0.3 is 0 Å². The number of amides is 2. The summed E-state index contributed by atoms with van der Waals surface area (Å²) in [5, 5.41) is 3.43. The molecule has 41 heavy (non-hydrogen) atoms. The van der Waals surface area contributed by atoms with Crippen LogP contribution in [0.2, 0.25) is 0 Å². The summed E-state index contributed by atoms with van der Waals surface area (Å²) in [5.41, 5.74) is 5.80. The summed E-state index contributed by atoms with van der Waals surface area (Å²) in [6.07, 6.45) is 3.69. The van der Waals surface area contributed by atoms with Crippen LogP contribution in [-0.4, -0.2) is 41.0 Å². The number of nitrogens with one attached hydrogen (secondary N) is 1. The van der Waals surface area contributed by atoms with E-state index in [1.54, 1.807) is 30.5 Å². The molecule has 1 aliphatic carbocycles. The molecule has 6 rings (SSSR count). The number of fused-ring (bicyclic) bond motifs is 2. The second-order valence-corrected chi connectivity index (χ2v) is 10.7. The van der Waals surface area contributed by atoms with Gasteiger partial charge in [0.05, 0.1) is 24.9 Å². The van der Waals surface area contributed by atoms with Gasteiger partial charge in [-0.2, -0.15) is 0 Å². The first-order chi connectivity index (χ1) is 19.7. The molecule has 1 unspecified atom stereocenters. The maximum atomic E-state index is 16.3. The number of primary amides is 1. The fourth-order valence-corrected chi connectivity index (χ4v) is 4.95. The van der Waals surface area contributed by atoms with Crippen molar-refractivity contribution in [1.29, 1.82) is 0 Å². The quantitative estimate of drug-likeness (QED) is 0.301. The van der Waals surface area contributed by atoms with Crippen molar-refractivity contribution in [2.45, 2.75) is 43.9 Å². The predicted octanol–water partition coefficient (Wildman–Crippen LogP) is 4.94. The van der Waals surface area contributed by atoms with Crippen molar-refractivity contribution in [3.63, 3.8) is 0 Å². The van der Waals surface area contributed by atoms with E-state index in [9.17, 15) is 14.0 Å². The average molecular weight is 559 g/mol. The van der Waals surface area contributed by atoms with Crippen molar-refractivity contribution >= 4 is 22.7 Å². The lowest BCUT2D eigenvalue weighted by Crippen LogP contribution is -2.36. The second-order valence-electron chi connectivity index (χ2n) is 10.7. The number of carbonyl (C=O) groups is 2. The van der Waals surface area contributed by atoms with Gasteiger partial charge in [-0.1, -0.05) is 6.07 Å². The first kappa shape index (κ1) is 26.6. The minimum atomic E-state index is -2.11. The maximum Gasteiger partial charge on any atom is 0.251 e. The smallest absolute Gasteiger partial charge is 0.251 e. The van der Waals surface area contributed by atoms with Gasteiger partial charge in [0, 0.05) is 40.6 Å². The number of alkyl halides is 1. The lowest BCUT2D eigenvalue weighted by Gasteiger charge is -2.23. The Bertz CT molecular complexity index is 1650. The molecule has 2 atom stereocenters. The molecule has 1 fully saturated rings. The fourth-order valence-electron chi connectivity index (χ4n) is 4.95. The molecule has 3 N–H and O–H groups in total. The van der Waals surface area contributed by atoms with Gasteiger partial charge in [-0.15, -0.1) is 0 Å². The largest absolute Gasteiger partial charge is 0.490 e. The van der Waals surface area contributed by atoms with E-state index in [0.717, 1.165) is 18.2 Å². The summed E-state index contributed by atoms with van der Waals surface area (Å²) in [7, 11) is 0. The van der Waals surface area contributed by atoms with Gasteiger partial charge in [0.1, 0.15) is 28.5 Å². The summed E-state index contributed by atoms with van der Waals surface area (Å²) >= 11 is 0. The van der Waals surface area contributed by atoms with Gasteiger partial charge in [0.15, 0.2) is 5.67 Å². The van der Waals surface area contributed by atoms with Gasteiger partial charge in [0.2, 0.25) is 5.91 Å². The van der Waals surface area contributed by atoms with Gasteiger partial charge in [-0.3, -0.25) is 14.6 Å². The number of hydrogen-bond donors (Lipinski definition) is 2. The van der Waals surface area contributed by atoms with Crippen LogP contribution in [0.4, 0.5) is 8.78 Å². The molecular weight excluding hydrogens is 530 g/mol. The molecule has 2 amide bonds. The molecular formula is C31H28F2N4O4. The average Bonchev–Trinajstić information content (AvgIpc) is 3.69. The first-order valence-electron chi connectivity index (χ1n) is 13.4. The minimum Gasteiger partial charge on any atom is -0.490 e. The number of carbonyl (C=O) groups excluding carboxylic acids is 2. The molecule has 8 nitrogen and oxygen atoms in total. The van der Waals surface area contributed by atoms with Crippen LogP contribution in [0.5, 0.6) is 11.5 Å². The zero-order valence-electron chi connectivity index (χ0n) is 22.3. The normalized spacial score (nSPS) is 17.4. The first-order valence-corrected chi connectivity index (χ1v) is 13.4. The Kier molecular flexibility index (Phi) is 6.76. The molecule has 2 aromatic heterocycles. The molecule has 1 aliphatic heterocycles. The molecule has 0 spiro atoms. The van der Waals surface area contributed by atoms with E-state index in [0.29, 0.717) is 39.4 Å². The molecule has 0 saturated heterocycles. The van der Waals surface area contributed by atoms with Gasteiger partial charge in [0.25, 0.3) is 5.91 Å². The van der Waals surface area contributed by atoms with Crippen LogP contribution >= 0.6 is 0 Å². The lowest BCUT2D eigenvalue weighted by atomic mass is 9.92. The van der Waals surface area contributed by atoms with Crippen LogP contribution in [0.25, 0.3) is 22.2 Å². The van der Waals surface area contributed by atoms with E-state index in [4.69, 9.17) is 15.2 Å². The van der Waals surface area contributed by atoms with Crippen LogP contribution in [-0.2, 0) is 10.5 Å². The molecule has 1 saturated carbocycles. The molecule has 0 radical (unpaired) electrons. The number of benzene rings is 2. The number of hydrogen-bond acceptors (Lipinski definition) is 6. The minimum absolute atomic E-state index is 0.0150. The van der Waals surface area contributed by atoms with E-state index in [2.05, 4.69) is 15.3 Å².